The Morgan fingerprint density at radius 3 is 2.04 bits per heavy atom. The number of benzene rings is 3. The van der Waals surface area contributed by atoms with Crippen LogP contribution in [0, 0.1) is 0 Å². The van der Waals surface area contributed by atoms with Crippen LogP contribution in [-0.2, 0) is 4.79 Å². The molecule has 1 heterocycles. The number of para-hydroxylation sites is 2. The standard InChI is InChI=1S/C20H14ClN3O/c21-14-11-12-17-18(13-14)22-20(25)19(17)23-24(15-7-3-1-4-8-15)16-9-5-2-6-10-16/h1-13H,(H,22,23,25). The molecule has 0 saturated heterocycles. The summed E-state index contributed by atoms with van der Waals surface area (Å²) in [5.74, 6) is -0.242. The van der Waals surface area contributed by atoms with E-state index in [0.29, 0.717) is 16.4 Å². The first-order valence-electron chi connectivity index (χ1n) is 7.82. The second-order valence-corrected chi connectivity index (χ2v) is 6.01. The highest BCUT2D eigenvalue weighted by atomic mass is 35.5. The van der Waals surface area contributed by atoms with Crippen molar-refractivity contribution in [2.45, 2.75) is 0 Å². The minimum absolute atomic E-state index is 0.242. The highest BCUT2D eigenvalue weighted by molar-refractivity contribution is 6.54. The van der Waals surface area contributed by atoms with Crippen LogP contribution in [0.1, 0.15) is 5.56 Å². The van der Waals surface area contributed by atoms with Gasteiger partial charge in [0.1, 0.15) is 0 Å². The maximum absolute atomic E-state index is 12.4. The molecule has 1 aliphatic rings. The first-order valence-corrected chi connectivity index (χ1v) is 8.20. The van der Waals surface area contributed by atoms with Crippen molar-refractivity contribution in [1.82, 2.24) is 0 Å². The molecule has 1 aliphatic heterocycles. The van der Waals surface area contributed by atoms with Crippen LogP contribution >= 0.6 is 11.6 Å². The summed E-state index contributed by atoms with van der Waals surface area (Å²) in [5, 5.41) is 9.81. The van der Waals surface area contributed by atoms with Gasteiger partial charge in [0, 0.05) is 10.6 Å². The molecule has 0 aromatic heterocycles. The zero-order valence-corrected chi connectivity index (χ0v) is 13.9. The van der Waals surface area contributed by atoms with Gasteiger partial charge in [0.2, 0.25) is 0 Å². The molecule has 25 heavy (non-hydrogen) atoms. The summed E-state index contributed by atoms with van der Waals surface area (Å²) in [6, 6.07) is 24.7. The third-order valence-electron chi connectivity index (χ3n) is 3.90. The fraction of sp³-hybridized carbons (Fsp3) is 0. The molecule has 4 nitrogen and oxygen atoms in total. The molecule has 0 aliphatic carbocycles. The second kappa shape index (κ2) is 6.42. The van der Waals surface area contributed by atoms with Gasteiger partial charge < -0.3 is 5.32 Å². The molecule has 0 spiro atoms. The number of nitrogens with one attached hydrogen (secondary N) is 1. The van der Waals surface area contributed by atoms with Gasteiger partial charge in [0.25, 0.3) is 5.91 Å². The first kappa shape index (κ1) is 15.4. The maximum atomic E-state index is 12.4. The van der Waals surface area contributed by atoms with E-state index >= 15 is 0 Å². The Morgan fingerprint density at radius 2 is 1.44 bits per heavy atom. The van der Waals surface area contributed by atoms with Crippen molar-refractivity contribution in [2.24, 2.45) is 5.10 Å². The van der Waals surface area contributed by atoms with Crippen molar-refractivity contribution in [3.63, 3.8) is 0 Å². The van der Waals surface area contributed by atoms with Gasteiger partial charge in [-0.2, -0.15) is 5.10 Å². The number of hydrazone groups is 1. The third-order valence-corrected chi connectivity index (χ3v) is 4.14. The summed E-state index contributed by atoms with van der Waals surface area (Å²) in [4.78, 5) is 12.4. The van der Waals surface area contributed by atoms with Crippen LogP contribution in [-0.4, -0.2) is 11.6 Å². The molecule has 0 atom stereocenters. The van der Waals surface area contributed by atoms with Crippen LogP contribution in [0.15, 0.2) is 84.0 Å². The van der Waals surface area contributed by atoms with Crippen LogP contribution < -0.4 is 10.3 Å². The van der Waals surface area contributed by atoms with Gasteiger partial charge in [-0.25, -0.2) is 5.01 Å². The number of nitrogens with zero attached hydrogens (tertiary/aromatic N) is 2. The summed E-state index contributed by atoms with van der Waals surface area (Å²) in [6.07, 6.45) is 0. The number of carbonyl (C=O) groups is 1. The van der Waals surface area contributed by atoms with Crippen LogP contribution in [0.5, 0.6) is 0 Å². The highest BCUT2D eigenvalue weighted by Gasteiger charge is 2.27. The molecule has 1 amide bonds. The fourth-order valence-electron chi connectivity index (χ4n) is 2.73. The molecule has 1 N–H and O–H groups in total. The number of halogens is 1. The SMILES string of the molecule is O=C1Nc2cc(Cl)ccc2/C1=N/N(c1ccccc1)c1ccccc1. The summed E-state index contributed by atoms with van der Waals surface area (Å²) in [7, 11) is 0. The Labute approximate surface area is 150 Å². The average Bonchev–Trinajstić information content (AvgIpc) is 2.95. The monoisotopic (exact) mass is 347 g/mol. The lowest BCUT2D eigenvalue weighted by Gasteiger charge is -2.20. The zero-order valence-electron chi connectivity index (χ0n) is 13.2. The topological polar surface area (TPSA) is 44.7 Å². The van der Waals surface area contributed by atoms with Crippen LogP contribution in [0.25, 0.3) is 0 Å². The third kappa shape index (κ3) is 2.99. The number of hydrogen-bond donors (Lipinski definition) is 1. The quantitative estimate of drug-likeness (QED) is 0.689. The van der Waals surface area contributed by atoms with Crippen molar-refractivity contribution in [1.29, 1.82) is 0 Å². The molecule has 3 aromatic rings. The molecular weight excluding hydrogens is 334 g/mol. The molecule has 0 unspecified atom stereocenters. The van der Waals surface area contributed by atoms with Gasteiger partial charge in [-0.15, -0.1) is 0 Å². The van der Waals surface area contributed by atoms with Gasteiger partial charge in [0.15, 0.2) is 5.71 Å². The Kier molecular flexibility index (Phi) is 3.96. The Balaban J connectivity index is 1.85. The predicted octanol–water partition coefficient (Wildman–Crippen LogP) is 4.83. The minimum Gasteiger partial charge on any atom is -0.320 e. The van der Waals surface area contributed by atoms with E-state index in [0.717, 1.165) is 16.9 Å². The van der Waals surface area contributed by atoms with Crippen molar-refractivity contribution in [3.05, 3.63) is 89.4 Å². The van der Waals surface area contributed by atoms with Gasteiger partial charge in [-0.05, 0) is 42.5 Å². The normalized spacial score (nSPS) is 14.3. The smallest absolute Gasteiger partial charge is 0.276 e. The zero-order chi connectivity index (χ0) is 17.2. The Hall–Kier alpha value is -3.11. The maximum Gasteiger partial charge on any atom is 0.276 e. The van der Waals surface area contributed by atoms with E-state index in [4.69, 9.17) is 11.6 Å². The summed E-state index contributed by atoms with van der Waals surface area (Å²) in [6.45, 7) is 0. The number of anilines is 3. The lowest BCUT2D eigenvalue weighted by Crippen LogP contribution is -2.20. The second-order valence-electron chi connectivity index (χ2n) is 5.58. The molecule has 5 heteroatoms. The predicted molar refractivity (Wildman–Crippen MR) is 102 cm³/mol. The van der Waals surface area contributed by atoms with Crippen molar-refractivity contribution >= 4 is 40.3 Å². The fourth-order valence-corrected chi connectivity index (χ4v) is 2.90. The highest BCUT2D eigenvalue weighted by Crippen LogP contribution is 2.30. The van der Waals surface area contributed by atoms with Crippen LogP contribution in [0.3, 0.4) is 0 Å². The molecule has 4 rings (SSSR count). The number of rotatable bonds is 3. The molecule has 0 radical (unpaired) electrons. The Morgan fingerprint density at radius 1 is 0.840 bits per heavy atom. The van der Waals surface area contributed by atoms with Crippen LogP contribution in [0.4, 0.5) is 17.1 Å². The van der Waals surface area contributed by atoms with Gasteiger partial charge in [-0.1, -0.05) is 48.0 Å². The number of hydrogen-bond acceptors (Lipinski definition) is 3. The number of carbonyl (C=O) groups excluding carboxylic acids is 1. The van der Waals surface area contributed by atoms with E-state index in [9.17, 15) is 4.79 Å². The molecule has 0 fully saturated rings. The van der Waals surface area contributed by atoms with Gasteiger partial charge >= 0.3 is 0 Å². The van der Waals surface area contributed by atoms with E-state index in [1.54, 1.807) is 17.1 Å². The number of fused-ring (bicyclic) bond motifs is 1. The lowest BCUT2D eigenvalue weighted by atomic mass is 10.1. The van der Waals surface area contributed by atoms with E-state index in [2.05, 4.69) is 10.4 Å². The first-order chi connectivity index (χ1) is 12.2. The molecule has 122 valence electrons. The minimum atomic E-state index is -0.242. The van der Waals surface area contributed by atoms with Crippen molar-refractivity contribution < 1.29 is 4.79 Å². The molecule has 0 saturated carbocycles. The van der Waals surface area contributed by atoms with Crippen LogP contribution in [0.2, 0.25) is 5.02 Å². The molecular formula is C20H14ClN3O. The summed E-state index contributed by atoms with van der Waals surface area (Å²) < 4.78 is 0. The number of amides is 1. The van der Waals surface area contributed by atoms with E-state index in [-0.39, 0.29) is 5.91 Å². The van der Waals surface area contributed by atoms with E-state index < -0.39 is 0 Å². The largest absolute Gasteiger partial charge is 0.320 e. The summed E-state index contributed by atoms with van der Waals surface area (Å²) >= 11 is 6.01. The van der Waals surface area contributed by atoms with Gasteiger partial charge in [0.05, 0.1) is 17.1 Å². The Bertz CT molecular complexity index is 916. The summed E-state index contributed by atoms with van der Waals surface area (Å²) in [5.41, 5.74) is 3.52. The molecule has 0 bridgehead atoms. The lowest BCUT2D eigenvalue weighted by molar-refractivity contribution is -0.110. The van der Waals surface area contributed by atoms with E-state index in [1.807, 2.05) is 66.7 Å². The van der Waals surface area contributed by atoms with Crippen molar-refractivity contribution in [2.75, 3.05) is 10.3 Å². The average molecular weight is 348 g/mol. The van der Waals surface area contributed by atoms with E-state index in [1.165, 1.54) is 0 Å². The van der Waals surface area contributed by atoms with Crippen molar-refractivity contribution in [3.8, 4) is 0 Å². The van der Waals surface area contributed by atoms with Gasteiger partial charge in [-0.3, -0.25) is 4.79 Å². The molecule has 3 aromatic carbocycles.